The molecule has 116 valence electrons. The summed E-state index contributed by atoms with van der Waals surface area (Å²) in [5.74, 6) is 0. The zero-order valence-corrected chi connectivity index (χ0v) is 13.9. The van der Waals surface area contributed by atoms with E-state index >= 15 is 0 Å². The fourth-order valence-electron chi connectivity index (χ4n) is 4.12. The van der Waals surface area contributed by atoms with Crippen LogP contribution in [0.2, 0.25) is 0 Å². The molecule has 1 aromatic carbocycles. The number of anilines is 1. The summed E-state index contributed by atoms with van der Waals surface area (Å²) in [6, 6.07) is 6.90. The molecule has 1 fully saturated rings. The van der Waals surface area contributed by atoms with Crippen molar-refractivity contribution in [1.82, 2.24) is 10.2 Å². The van der Waals surface area contributed by atoms with Gasteiger partial charge < -0.3 is 9.64 Å². The Hall–Kier alpha value is -1.46. The molecule has 22 heavy (non-hydrogen) atoms. The second kappa shape index (κ2) is 5.32. The van der Waals surface area contributed by atoms with Crippen LogP contribution in [-0.2, 0) is 10.2 Å². The number of methoxy groups -OCH3 is 1. The fourth-order valence-corrected chi connectivity index (χ4v) is 4.74. The highest BCUT2D eigenvalue weighted by molar-refractivity contribution is 7.13. The van der Waals surface area contributed by atoms with Crippen molar-refractivity contribution >= 4 is 16.5 Å². The number of benzene rings is 1. The van der Waals surface area contributed by atoms with Crippen LogP contribution in [-0.4, -0.2) is 30.4 Å². The Morgan fingerprint density at radius 3 is 2.82 bits per heavy atom. The maximum Gasteiger partial charge on any atom is 0.208 e. The van der Waals surface area contributed by atoms with E-state index in [0.29, 0.717) is 0 Å². The van der Waals surface area contributed by atoms with E-state index in [2.05, 4.69) is 40.2 Å². The summed E-state index contributed by atoms with van der Waals surface area (Å²) in [7, 11) is 1.84. The minimum atomic E-state index is 0.253. The van der Waals surface area contributed by atoms with Crippen molar-refractivity contribution in [3.63, 3.8) is 0 Å². The summed E-state index contributed by atoms with van der Waals surface area (Å²) in [4.78, 5) is 2.37. The Balaban J connectivity index is 1.62. The van der Waals surface area contributed by atoms with Gasteiger partial charge >= 0.3 is 0 Å². The van der Waals surface area contributed by atoms with Gasteiger partial charge in [-0.15, -0.1) is 10.2 Å². The average Bonchev–Trinajstić information content (AvgIpc) is 3.16. The van der Waals surface area contributed by atoms with E-state index in [4.69, 9.17) is 4.74 Å². The summed E-state index contributed by atoms with van der Waals surface area (Å²) in [6.07, 6.45) is 3.71. The lowest BCUT2D eigenvalue weighted by atomic mass is 9.73. The molecule has 1 aliphatic carbocycles. The highest BCUT2D eigenvalue weighted by Gasteiger charge is 2.45. The van der Waals surface area contributed by atoms with Crippen LogP contribution in [0.3, 0.4) is 0 Å². The molecule has 0 radical (unpaired) electrons. The van der Waals surface area contributed by atoms with Crippen molar-refractivity contribution in [3.8, 4) is 0 Å². The molecule has 0 bridgehead atoms. The van der Waals surface area contributed by atoms with E-state index in [1.54, 1.807) is 11.3 Å². The van der Waals surface area contributed by atoms with Gasteiger partial charge in [-0.25, -0.2) is 0 Å². The number of piperidine rings is 1. The highest BCUT2D eigenvalue weighted by Crippen LogP contribution is 2.52. The van der Waals surface area contributed by atoms with Crippen molar-refractivity contribution in [1.29, 1.82) is 0 Å². The molecule has 0 N–H and O–H groups in total. The Morgan fingerprint density at radius 2 is 2.14 bits per heavy atom. The minimum absolute atomic E-state index is 0.253. The molecule has 1 saturated heterocycles. The van der Waals surface area contributed by atoms with Gasteiger partial charge in [0.15, 0.2) is 0 Å². The first-order valence-corrected chi connectivity index (χ1v) is 8.75. The smallest absolute Gasteiger partial charge is 0.208 e. The van der Waals surface area contributed by atoms with Gasteiger partial charge in [-0.05, 0) is 37.3 Å². The summed E-state index contributed by atoms with van der Waals surface area (Å²) in [5.41, 5.74) is 6.34. The van der Waals surface area contributed by atoms with Gasteiger partial charge in [0.2, 0.25) is 5.13 Å². The molecule has 4 rings (SSSR count). The third-order valence-corrected chi connectivity index (χ3v) is 6.08. The molecule has 1 aliphatic heterocycles. The third-order valence-electron chi connectivity index (χ3n) is 5.33. The van der Waals surface area contributed by atoms with E-state index < -0.39 is 0 Å². The molecule has 5 heteroatoms. The predicted molar refractivity (Wildman–Crippen MR) is 88.6 cm³/mol. The van der Waals surface area contributed by atoms with Crippen molar-refractivity contribution in [2.45, 2.75) is 37.7 Å². The van der Waals surface area contributed by atoms with Gasteiger partial charge in [0.25, 0.3) is 0 Å². The van der Waals surface area contributed by atoms with Gasteiger partial charge in [-0.3, -0.25) is 0 Å². The Bertz CT molecular complexity index is 663. The number of ether oxygens (including phenoxy) is 1. The number of hydrogen-bond donors (Lipinski definition) is 0. The predicted octanol–water partition coefficient (Wildman–Crippen LogP) is 3.48. The first kappa shape index (κ1) is 14.2. The van der Waals surface area contributed by atoms with Gasteiger partial charge in [0.1, 0.15) is 5.51 Å². The van der Waals surface area contributed by atoms with Gasteiger partial charge in [-0.1, -0.05) is 35.1 Å². The lowest BCUT2D eigenvalue weighted by molar-refractivity contribution is 0.0840. The van der Waals surface area contributed by atoms with E-state index in [0.717, 1.165) is 24.6 Å². The largest absolute Gasteiger partial charge is 0.377 e. The van der Waals surface area contributed by atoms with Crippen molar-refractivity contribution < 1.29 is 4.74 Å². The van der Waals surface area contributed by atoms with Crippen LogP contribution >= 0.6 is 11.3 Å². The number of rotatable bonds is 2. The van der Waals surface area contributed by atoms with Gasteiger partial charge in [0.05, 0.1) is 6.10 Å². The molecule has 0 saturated carbocycles. The van der Waals surface area contributed by atoms with Crippen LogP contribution < -0.4 is 4.90 Å². The highest BCUT2D eigenvalue weighted by atomic mass is 32.1. The number of nitrogens with zero attached hydrogens (tertiary/aromatic N) is 3. The molecule has 1 atom stereocenters. The minimum Gasteiger partial charge on any atom is -0.377 e. The number of fused-ring (bicyclic) bond motifs is 2. The molecule has 4 nitrogen and oxygen atoms in total. The van der Waals surface area contributed by atoms with Crippen molar-refractivity contribution in [3.05, 3.63) is 40.4 Å². The maximum atomic E-state index is 5.79. The van der Waals surface area contributed by atoms with Crippen LogP contribution in [0.1, 0.15) is 42.1 Å². The van der Waals surface area contributed by atoms with E-state index in [1.807, 2.05) is 12.6 Å². The van der Waals surface area contributed by atoms with Crippen LogP contribution in [0.25, 0.3) is 0 Å². The summed E-state index contributed by atoms with van der Waals surface area (Å²) in [6.45, 7) is 4.27. The fraction of sp³-hybridized carbons (Fsp3) is 0.529. The van der Waals surface area contributed by atoms with Gasteiger partial charge in [0, 0.05) is 25.6 Å². The van der Waals surface area contributed by atoms with Crippen molar-refractivity contribution in [2.24, 2.45) is 0 Å². The third kappa shape index (κ3) is 2.15. The second-order valence-corrected chi connectivity index (χ2v) is 7.32. The van der Waals surface area contributed by atoms with Gasteiger partial charge in [-0.2, -0.15) is 0 Å². The Kier molecular flexibility index (Phi) is 3.42. The van der Waals surface area contributed by atoms with Crippen molar-refractivity contribution in [2.75, 3.05) is 25.1 Å². The normalized spacial score (nSPS) is 23.0. The quantitative estimate of drug-likeness (QED) is 0.850. The standard InChI is InChI=1S/C17H21N3OS/c1-12-3-4-14-13(9-12)15(21-2)10-17(14)5-7-20(8-6-17)16-19-18-11-22-16/h3-4,9,11,15H,5-8,10H2,1-2H3/t15-/m0/s1. The number of aromatic nitrogens is 2. The SMILES string of the molecule is CO[C@H]1CC2(CCN(c3nncs3)CC2)c2ccc(C)cc21. The first-order valence-electron chi connectivity index (χ1n) is 7.87. The maximum absolute atomic E-state index is 5.79. The molecule has 2 aromatic rings. The lowest BCUT2D eigenvalue weighted by Gasteiger charge is -2.40. The summed E-state index contributed by atoms with van der Waals surface area (Å²) in [5, 5.41) is 9.23. The molecule has 1 aromatic heterocycles. The zero-order valence-electron chi connectivity index (χ0n) is 13.1. The Morgan fingerprint density at radius 1 is 1.32 bits per heavy atom. The van der Waals surface area contributed by atoms with E-state index in [1.165, 1.54) is 29.5 Å². The monoisotopic (exact) mass is 315 g/mol. The summed E-state index contributed by atoms with van der Waals surface area (Å²) < 4.78 is 5.79. The molecule has 1 spiro atoms. The average molecular weight is 315 g/mol. The lowest BCUT2D eigenvalue weighted by Crippen LogP contribution is -2.41. The summed E-state index contributed by atoms with van der Waals surface area (Å²) >= 11 is 1.63. The van der Waals surface area contributed by atoms with Crippen LogP contribution in [0, 0.1) is 6.92 Å². The van der Waals surface area contributed by atoms with Crippen LogP contribution in [0.4, 0.5) is 5.13 Å². The number of aryl methyl sites for hydroxylation is 1. The molecule has 0 unspecified atom stereocenters. The molecule has 2 heterocycles. The first-order chi connectivity index (χ1) is 10.7. The van der Waals surface area contributed by atoms with E-state index in [9.17, 15) is 0 Å². The van der Waals surface area contributed by atoms with Crippen LogP contribution in [0.15, 0.2) is 23.7 Å². The molecular formula is C17H21N3OS. The second-order valence-electron chi connectivity index (χ2n) is 6.51. The zero-order chi connectivity index (χ0) is 15.2. The number of hydrogen-bond acceptors (Lipinski definition) is 5. The molecular weight excluding hydrogens is 294 g/mol. The Labute approximate surface area is 135 Å². The topological polar surface area (TPSA) is 38.2 Å². The molecule has 0 amide bonds. The van der Waals surface area contributed by atoms with Crippen LogP contribution in [0.5, 0.6) is 0 Å². The molecule has 2 aliphatic rings. The van der Waals surface area contributed by atoms with E-state index in [-0.39, 0.29) is 11.5 Å².